The van der Waals surface area contributed by atoms with E-state index >= 15 is 0 Å². The Bertz CT molecular complexity index is 1080. The number of nitriles is 1. The highest BCUT2D eigenvalue weighted by atomic mass is 32.1. The van der Waals surface area contributed by atoms with Crippen molar-refractivity contribution in [3.8, 4) is 23.2 Å². The van der Waals surface area contributed by atoms with E-state index in [2.05, 4.69) is 40.5 Å². The Morgan fingerprint density at radius 1 is 1.14 bits per heavy atom. The molecule has 0 radical (unpaired) electrons. The average Bonchev–Trinajstić information content (AvgIpc) is 3.44. The molecule has 1 atom stereocenters. The third-order valence-corrected chi connectivity index (χ3v) is 6.98. The molecule has 1 aliphatic heterocycles. The van der Waals surface area contributed by atoms with Crippen molar-refractivity contribution in [2.75, 3.05) is 0 Å². The number of H-pyrrole nitrogens is 1. The highest BCUT2D eigenvalue weighted by Gasteiger charge is 2.36. The van der Waals surface area contributed by atoms with Gasteiger partial charge in [-0.25, -0.2) is 0 Å². The Balaban J connectivity index is 1.55. The van der Waals surface area contributed by atoms with Gasteiger partial charge in [-0.05, 0) is 35.8 Å². The largest absolute Gasteiger partial charge is 0.420 e. The molecule has 1 aliphatic carbocycles. The van der Waals surface area contributed by atoms with Crippen molar-refractivity contribution in [1.29, 1.82) is 5.26 Å². The van der Waals surface area contributed by atoms with Gasteiger partial charge in [0.1, 0.15) is 11.6 Å². The van der Waals surface area contributed by atoms with Crippen LogP contribution in [0.4, 0.5) is 0 Å². The second kappa shape index (κ2) is 7.41. The van der Waals surface area contributed by atoms with E-state index in [1.54, 1.807) is 11.3 Å². The van der Waals surface area contributed by atoms with Gasteiger partial charge in [-0.2, -0.15) is 5.26 Å². The monoisotopic (exact) mass is 402 g/mol. The Morgan fingerprint density at radius 3 is 2.62 bits per heavy atom. The predicted molar refractivity (Wildman–Crippen MR) is 113 cm³/mol. The number of nitrogens with one attached hydrogen (secondary N) is 1. The third-order valence-electron chi connectivity index (χ3n) is 6.04. The molecule has 6 heteroatoms. The molecule has 3 heterocycles. The van der Waals surface area contributed by atoms with Crippen molar-refractivity contribution in [3.05, 3.63) is 69.2 Å². The molecule has 29 heavy (non-hydrogen) atoms. The van der Waals surface area contributed by atoms with Gasteiger partial charge in [-0.1, -0.05) is 49.6 Å². The van der Waals surface area contributed by atoms with E-state index in [1.807, 2.05) is 17.5 Å². The van der Waals surface area contributed by atoms with Crippen molar-refractivity contribution in [3.63, 3.8) is 0 Å². The first-order valence-electron chi connectivity index (χ1n) is 10.1. The summed E-state index contributed by atoms with van der Waals surface area (Å²) in [6.07, 6.45) is 6.57. The van der Waals surface area contributed by atoms with Crippen molar-refractivity contribution in [2.24, 2.45) is 5.73 Å². The topological polar surface area (TPSA) is 87.7 Å². The summed E-state index contributed by atoms with van der Waals surface area (Å²) in [6, 6.07) is 15.0. The molecule has 146 valence electrons. The highest BCUT2D eigenvalue weighted by Crippen LogP contribution is 2.46. The van der Waals surface area contributed by atoms with E-state index in [0.717, 1.165) is 21.7 Å². The van der Waals surface area contributed by atoms with Crippen LogP contribution in [-0.2, 0) is 0 Å². The first-order valence-corrected chi connectivity index (χ1v) is 10.9. The van der Waals surface area contributed by atoms with Crippen LogP contribution in [0.1, 0.15) is 59.9 Å². The number of ether oxygens (including phenoxy) is 1. The van der Waals surface area contributed by atoms with Gasteiger partial charge in [0.2, 0.25) is 11.8 Å². The summed E-state index contributed by atoms with van der Waals surface area (Å²) < 4.78 is 5.68. The van der Waals surface area contributed by atoms with Crippen LogP contribution in [0.25, 0.3) is 11.3 Å². The second-order valence-electron chi connectivity index (χ2n) is 7.71. The predicted octanol–water partition coefficient (Wildman–Crippen LogP) is 5.40. The van der Waals surface area contributed by atoms with Gasteiger partial charge in [0.05, 0.1) is 17.2 Å². The average molecular weight is 403 g/mol. The number of nitrogens with zero attached hydrogens (tertiary/aromatic N) is 2. The standard InChI is InChI=1S/C23H22N4OS/c24-13-17-19(18-7-4-12-29-18)20-21(26-27-23(20)28-22(17)25)16-10-8-15(9-11-16)14-5-2-1-3-6-14/h4,7-12,14,19H,1-3,5-6,25H2,(H,26,27)/t19-/m1/s1. The van der Waals surface area contributed by atoms with Crippen LogP contribution in [0.15, 0.2) is 53.2 Å². The number of nitrogens with two attached hydrogens (primary N) is 1. The zero-order valence-corrected chi connectivity index (χ0v) is 16.8. The first-order chi connectivity index (χ1) is 14.3. The number of fused-ring (bicyclic) bond motifs is 1. The van der Waals surface area contributed by atoms with E-state index < -0.39 is 0 Å². The molecular weight excluding hydrogens is 380 g/mol. The Morgan fingerprint density at radius 2 is 1.93 bits per heavy atom. The van der Waals surface area contributed by atoms with Crippen molar-refractivity contribution < 1.29 is 4.74 Å². The first kappa shape index (κ1) is 18.0. The quantitative estimate of drug-likeness (QED) is 0.614. The van der Waals surface area contributed by atoms with Crippen LogP contribution >= 0.6 is 11.3 Å². The Labute approximate surface area is 173 Å². The molecule has 2 aromatic heterocycles. The number of thiophene rings is 1. The van der Waals surface area contributed by atoms with Crippen molar-refractivity contribution in [1.82, 2.24) is 10.2 Å². The molecule has 0 unspecified atom stereocenters. The molecular formula is C23H22N4OS. The Hall–Kier alpha value is -3.04. The number of hydrogen-bond acceptors (Lipinski definition) is 5. The SMILES string of the molecule is N#CC1=C(N)Oc2n[nH]c(-c3ccc(C4CCCCC4)cc3)c2[C@H]1c1cccs1. The normalized spacial score (nSPS) is 19.5. The number of hydrogen-bond donors (Lipinski definition) is 2. The smallest absolute Gasteiger partial charge is 0.244 e. The molecule has 1 aromatic carbocycles. The van der Waals surface area contributed by atoms with Crippen LogP contribution in [0, 0.1) is 11.3 Å². The van der Waals surface area contributed by atoms with Gasteiger partial charge < -0.3 is 10.5 Å². The molecule has 0 saturated heterocycles. The number of aromatic nitrogens is 2. The highest BCUT2D eigenvalue weighted by molar-refractivity contribution is 7.10. The molecule has 5 rings (SSSR count). The van der Waals surface area contributed by atoms with Gasteiger partial charge >= 0.3 is 0 Å². The van der Waals surface area contributed by atoms with E-state index in [-0.39, 0.29) is 11.8 Å². The summed E-state index contributed by atoms with van der Waals surface area (Å²) in [5, 5.41) is 19.2. The molecule has 2 aliphatic rings. The molecule has 1 fully saturated rings. The van der Waals surface area contributed by atoms with E-state index in [9.17, 15) is 5.26 Å². The van der Waals surface area contributed by atoms with E-state index in [4.69, 9.17) is 10.5 Å². The second-order valence-corrected chi connectivity index (χ2v) is 8.69. The van der Waals surface area contributed by atoms with Gasteiger partial charge in [0.25, 0.3) is 0 Å². The van der Waals surface area contributed by atoms with Gasteiger partial charge in [0, 0.05) is 10.4 Å². The molecule has 0 bridgehead atoms. The van der Waals surface area contributed by atoms with E-state index in [1.165, 1.54) is 37.7 Å². The van der Waals surface area contributed by atoms with Crippen molar-refractivity contribution in [2.45, 2.75) is 43.9 Å². The number of aromatic amines is 1. The summed E-state index contributed by atoms with van der Waals surface area (Å²) in [6.45, 7) is 0. The minimum absolute atomic E-state index is 0.129. The lowest BCUT2D eigenvalue weighted by atomic mass is 9.83. The lowest BCUT2D eigenvalue weighted by Gasteiger charge is -2.23. The zero-order valence-electron chi connectivity index (χ0n) is 16.0. The fourth-order valence-electron chi connectivity index (χ4n) is 4.56. The molecule has 5 nitrogen and oxygen atoms in total. The van der Waals surface area contributed by atoms with Gasteiger partial charge in [-0.15, -0.1) is 16.4 Å². The van der Waals surface area contributed by atoms with Crippen LogP contribution in [-0.4, -0.2) is 10.2 Å². The fourth-order valence-corrected chi connectivity index (χ4v) is 5.41. The lowest BCUT2D eigenvalue weighted by Crippen LogP contribution is -2.20. The molecule has 0 spiro atoms. The molecule has 1 saturated carbocycles. The Kier molecular flexibility index (Phi) is 4.61. The summed E-state index contributed by atoms with van der Waals surface area (Å²) in [7, 11) is 0. The maximum absolute atomic E-state index is 9.74. The minimum Gasteiger partial charge on any atom is -0.420 e. The van der Waals surface area contributed by atoms with Crippen molar-refractivity contribution >= 4 is 11.3 Å². The number of allylic oxidation sites excluding steroid dienone is 1. The minimum atomic E-state index is -0.268. The molecule has 0 amide bonds. The molecule has 3 N–H and O–H groups in total. The van der Waals surface area contributed by atoms with Crippen LogP contribution in [0.5, 0.6) is 5.88 Å². The zero-order chi connectivity index (χ0) is 19.8. The summed E-state index contributed by atoms with van der Waals surface area (Å²) in [4.78, 5) is 1.05. The maximum Gasteiger partial charge on any atom is 0.244 e. The summed E-state index contributed by atoms with van der Waals surface area (Å²) >= 11 is 1.60. The van der Waals surface area contributed by atoms with Gasteiger partial charge in [0.15, 0.2) is 0 Å². The van der Waals surface area contributed by atoms with Crippen LogP contribution in [0.2, 0.25) is 0 Å². The van der Waals surface area contributed by atoms with Gasteiger partial charge in [-0.3, -0.25) is 5.10 Å². The third kappa shape index (κ3) is 3.12. The maximum atomic E-state index is 9.74. The summed E-state index contributed by atoms with van der Waals surface area (Å²) in [5.41, 5.74) is 10.7. The number of rotatable bonds is 3. The summed E-state index contributed by atoms with van der Waals surface area (Å²) in [5.74, 6) is 0.981. The van der Waals surface area contributed by atoms with E-state index in [0.29, 0.717) is 17.4 Å². The molecule has 3 aromatic rings. The fraction of sp³-hybridized carbons (Fsp3) is 0.304. The van der Waals surface area contributed by atoms with Crippen LogP contribution in [0.3, 0.4) is 0 Å². The van der Waals surface area contributed by atoms with Crippen LogP contribution < -0.4 is 10.5 Å². The lowest BCUT2D eigenvalue weighted by molar-refractivity contribution is 0.379. The number of benzene rings is 1.